The molecule has 13 heteroatoms. The van der Waals surface area contributed by atoms with Gasteiger partial charge in [-0.1, -0.05) is 17.2 Å². The van der Waals surface area contributed by atoms with Crippen LogP contribution in [0.25, 0.3) is 0 Å². The van der Waals surface area contributed by atoms with Crippen molar-refractivity contribution in [1.29, 1.82) is 0 Å². The Labute approximate surface area is 186 Å². The molecule has 1 atom stereocenters. The summed E-state index contributed by atoms with van der Waals surface area (Å²) in [7, 11) is 2.75. The summed E-state index contributed by atoms with van der Waals surface area (Å²) in [5.41, 5.74) is 0.739. The number of rotatable bonds is 6. The number of phenolic OH excluding ortho intramolecular Hbond substituents is 1. The van der Waals surface area contributed by atoms with E-state index in [9.17, 15) is 20.0 Å². The van der Waals surface area contributed by atoms with Crippen molar-refractivity contribution in [3.63, 3.8) is 0 Å². The molecule has 2 aromatic carbocycles. The minimum atomic E-state index is -0.959. The zero-order valence-electron chi connectivity index (χ0n) is 17.8. The van der Waals surface area contributed by atoms with Crippen molar-refractivity contribution in [3.8, 4) is 17.2 Å². The van der Waals surface area contributed by atoms with Gasteiger partial charge < -0.3 is 25.2 Å². The van der Waals surface area contributed by atoms with Gasteiger partial charge in [0, 0.05) is 11.8 Å². The molecule has 0 saturated carbocycles. The maximum atomic E-state index is 13.4. The van der Waals surface area contributed by atoms with E-state index >= 15 is 0 Å². The number of carbonyl (C=O) groups is 1. The molecule has 0 fully saturated rings. The third-order valence-electron chi connectivity index (χ3n) is 5.12. The number of para-hydroxylation sites is 2. The van der Waals surface area contributed by atoms with Gasteiger partial charge in [0.2, 0.25) is 11.7 Å². The number of allylic oxidation sites excluding steroid dienone is 1. The largest absolute Gasteiger partial charge is 0.500 e. The highest BCUT2D eigenvalue weighted by Crippen LogP contribution is 2.43. The molecule has 0 saturated heterocycles. The van der Waals surface area contributed by atoms with Gasteiger partial charge >= 0.3 is 5.69 Å². The summed E-state index contributed by atoms with van der Waals surface area (Å²) in [5.74, 6) is -0.576. The monoisotopic (exact) mass is 453 g/mol. The summed E-state index contributed by atoms with van der Waals surface area (Å²) in [4.78, 5) is 24.2. The summed E-state index contributed by atoms with van der Waals surface area (Å²) in [5, 5.41) is 39.0. The van der Waals surface area contributed by atoms with Crippen LogP contribution in [0.2, 0.25) is 0 Å². The molecule has 1 aromatic heterocycles. The van der Waals surface area contributed by atoms with Crippen molar-refractivity contribution >= 4 is 23.2 Å². The number of aromatic nitrogens is 4. The van der Waals surface area contributed by atoms with Gasteiger partial charge in [-0.15, -0.1) is 0 Å². The second-order valence-electron chi connectivity index (χ2n) is 7.02. The molecule has 0 aliphatic carbocycles. The van der Waals surface area contributed by atoms with E-state index in [0.717, 1.165) is 6.07 Å². The number of nitrogens with one attached hydrogen (secondary N) is 2. The Morgan fingerprint density at radius 2 is 1.97 bits per heavy atom. The lowest BCUT2D eigenvalue weighted by Gasteiger charge is -2.28. The number of methoxy groups -OCH3 is 2. The number of tetrazole rings is 1. The second kappa shape index (κ2) is 8.45. The van der Waals surface area contributed by atoms with E-state index in [2.05, 4.69) is 26.2 Å². The lowest BCUT2D eigenvalue weighted by atomic mass is 9.94. The fraction of sp³-hybridized carbons (Fsp3) is 0.200. The predicted octanol–water partition coefficient (Wildman–Crippen LogP) is 2.23. The first-order valence-corrected chi connectivity index (χ1v) is 9.61. The minimum Gasteiger partial charge on any atom is -0.500 e. The van der Waals surface area contributed by atoms with Gasteiger partial charge in [-0.3, -0.25) is 14.9 Å². The van der Waals surface area contributed by atoms with Crippen LogP contribution >= 0.6 is 0 Å². The zero-order chi connectivity index (χ0) is 23.7. The molecular weight excluding hydrogens is 434 g/mol. The molecular formula is C20H19N7O6. The Bertz CT molecular complexity index is 1290. The Morgan fingerprint density at radius 3 is 2.67 bits per heavy atom. The Morgan fingerprint density at radius 1 is 1.24 bits per heavy atom. The van der Waals surface area contributed by atoms with Crippen molar-refractivity contribution in [2.24, 2.45) is 0 Å². The molecule has 0 bridgehead atoms. The van der Waals surface area contributed by atoms with E-state index in [-0.39, 0.29) is 22.8 Å². The van der Waals surface area contributed by atoms with Crippen LogP contribution in [0.15, 0.2) is 47.7 Å². The van der Waals surface area contributed by atoms with Gasteiger partial charge in [0.05, 0.1) is 30.4 Å². The number of nitro groups is 1. The molecule has 1 aliphatic heterocycles. The highest BCUT2D eigenvalue weighted by Gasteiger charge is 2.36. The first kappa shape index (κ1) is 21.5. The third kappa shape index (κ3) is 3.75. The second-order valence-corrected chi connectivity index (χ2v) is 7.02. The summed E-state index contributed by atoms with van der Waals surface area (Å²) < 4.78 is 11.7. The average molecular weight is 453 g/mol. The number of amides is 1. The lowest BCUT2D eigenvalue weighted by molar-refractivity contribution is -0.386. The highest BCUT2D eigenvalue weighted by atomic mass is 16.6. The summed E-state index contributed by atoms with van der Waals surface area (Å²) >= 11 is 0. The third-order valence-corrected chi connectivity index (χ3v) is 5.12. The average Bonchev–Trinajstić information content (AvgIpc) is 3.26. The van der Waals surface area contributed by atoms with Crippen molar-refractivity contribution in [2.45, 2.75) is 13.0 Å². The van der Waals surface area contributed by atoms with Crippen LogP contribution in [-0.2, 0) is 4.79 Å². The number of ether oxygens (including phenoxy) is 2. The topological polar surface area (TPSA) is 167 Å². The first-order chi connectivity index (χ1) is 15.8. The molecule has 13 nitrogen and oxygen atoms in total. The molecule has 1 amide bonds. The first-order valence-electron chi connectivity index (χ1n) is 9.61. The fourth-order valence-corrected chi connectivity index (χ4v) is 3.62. The van der Waals surface area contributed by atoms with Crippen LogP contribution in [0, 0.1) is 10.1 Å². The van der Waals surface area contributed by atoms with Gasteiger partial charge in [0.1, 0.15) is 11.8 Å². The molecule has 2 heterocycles. The van der Waals surface area contributed by atoms with Gasteiger partial charge in [0.25, 0.3) is 5.91 Å². The maximum absolute atomic E-state index is 13.4. The number of anilines is 2. The van der Waals surface area contributed by atoms with E-state index in [0.29, 0.717) is 17.1 Å². The summed E-state index contributed by atoms with van der Waals surface area (Å²) in [6, 6.07) is 8.47. The molecule has 3 N–H and O–H groups in total. The normalized spacial score (nSPS) is 14.8. The van der Waals surface area contributed by atoms with Crippen molar-refractivity contribution < 1.29 is 24.3 Å². The molecule has 33 heavy (non-hydrogen) atoms. The molecule has 3 aromatic rings. The summed E-state index contributed by atoms with van der Waals surface area (Å²) in [6.45, 7) is 1.66. The van der Waals surface area contributed by atoms with Crippen LogP contribution in [0.4, 0.5) is 17.3 Å². The van der Waals surface area contributed by atoms with Crippen LogP contribution in [0.3, 0.4) is 0 Å². The fourth-order valence-electron chi connectivity index (χ4n) is 3.62. The maximum Gasteiger partial charge on any atom is 0.315 e. The van der Waals surface area contributed by atoms with E-state index in [1.54, 1.807) is 31.2 Å². The standard InChI is InChI=1S/C20H19N7O6/c1-10-16(19(29)22-12-6-4-5-7-14(12)32-2)17(26-20(21-10)23-24-25-26)11-8-13(27(30)31)18(28)15(9-11)33-3/h4-9,17,28H,1-3H3,(H,22,29)(H,21,23,25). The number of nitro benzene ring substituents is 1. The molecule has 4 rings (SSSR count). The van der Waals surface area contributed by atoms with Crippen LogP contribution in [0.1, 0.15) is 18.5 Å². The van der Waals surface area contributed by atoms with Gasteiger partial charge in [0.15, 0.2) is 5.75 Å². The number of aromatic hydroxyl groups is 1. The van der Waals surface area contributed by atoms with E-state index in [4.69, 9.17) is 9.47 Å². The van der Waals surface area contributed by atoms with Crippen molar-refractivity contribution in [3.05, 3.63) is 63.3 Å². The van der Waals surface area contributed by atoms with Gasteiger partial charge in [-0.2, -0.15) is 4.68 Å². The molecule has 170 valence electrons. The predicted molar refractivity (Wildman–Crippen MR) is 115 cm³/mol. The minimum absolute atomic E-state index is 0.130. The quantitative estimate of drug-likeness (QED) is 0.372. The van der Waals surface area contributed by atoms with Crippen molar-refractivity contribution in [2.75, 3.05) is 24.9 Å². The Kier molecular flexibility index (Phi) is 5.52. The van der Waals surface area contributed by atoms with Crippen LogP contribution in [0.5, 0.6) is 17.2 Å². The highest BCUT2D eigenvalue weighted by molar-refractivity contribution is 6.06. The Balaban J connectivity index is 1.86. The Hall–Kier alpha value is -4.68. The number of nitrogens with zero attached hydrogens (tertiary/aromatic N) is 5. The lowest BCUT2D eigenvalue weighted by Crippen LogP contribution is -2.31. The number of hydrogen-bond acceptors (Lipinski definition) is 10. The molecule has 0 radical (unpaired) electrons. The van der Waals surface area contributed by atoms with Gasteiger partial charge in [-0.05, 0) is 41.1 Å². The number of hydrogen-bond donors (Lipinski definition) is 3. The van der Waals surface area contributed by atoms with E-state index in [1.165, 1.54) is 25.0 Å². The smallest absolute Gasteiger partial charge is 0.315 e. The number of carbonyl (C=O) groups excluding carboxylic acids is 1. The molecule has 1 unspecified atom stereocenters. The summed E-state index contributed by atoms with van der Waals surface area (Å²) in [6.07, 6.45) is 0. The molecule has 1 aliphatic rings. The number of fused-ring (bicyclic) bond motifs is 1. The SMILES string of the molecule is COc1ccccc1NC(=O)C1=C(C)Nc2nnnn2C1c1cc(OC)c(O)c([N+](=O)[O-])c1. The van der Waals surface area contributed by atoms with E-state index in [1.807, 2.05) is 0 Å². The number of phenols is 1. The number of benzene rings is 2. The molecule has 0 spiro atoms. The van der Waals surface area contributed by atoms with Crippen LogP contribution in [-0.4, -0.2) is 50.4 Å². The van der Waals surface area contributed by atoms with Gasteiger partial charge in [-0.25, -0.2) is 0 Å². The van der Waals surface area contributed by atoms with Crippen LogP contribution < -0.4 is 20.1 Å². The zero-order valence-corrected chi connectivity index (χ0v) is 17.8. The van der Waals surface area contributed by atoms with E-state index < -0.39 is 28.3 Å². The van der Waals surface area contributed by atoms with Crippen molar-refractivity contribution in [1.82, 2.24) is 20.2 Å².